The van der Waals surface area contributed by atoms with E-state index in [1.54, 1.807) is 19.1 Å². The van der Waals surface area contributed by atoms with Gasteiger partial charge in [0.25, 0.3) is 5.56 Å². The molecule has 128 valence electrons. The van der Waals surface area contributed by atoms with Crippen LogP contribution in [0.15, 0.2) is 35.4 Å². The largest absolute Gasteiger partial charge is 0.477 e. The lowest BCUT2D eigenvalue weighted by Gasteiger charge is -2.07. The molecule has 25 heavy (non-hydrogen) atoms. The summed E-state index contributed by atoms with van der Waals surface area (Å²) in [6.07, 6.45) is 1.26. The highest BCUT2D eigenvalue weighted by molar-refractivity contribution is 7.20. The first-order chi connectivity index (χ1) is 11.9. The molecule has 0 unspecified atom stereocenters. The fourth-order valence-corrected chi connectivity index (χ4v) is 3.45. The number of hydrogen-bond acceptors (Lipinski definition) is 5. The van der Waals surface area contributed by atoms with E-state index in [0.29, 0.717) is 16.1 Å². The number of carboxylic acids is 1. The van der Waals surface area contributed by atoms with Crippen LogP contribution >= 0.6 is 11.3 Å². The number of fused-ring (bicyclic) bond motifs is 1. The van der Waals surface area contributed by atoms with Crippen molar-refractivity contribution in [1.29, 1.82) is 0 Å². The summed E-state index contributed by atoms with van der Waals surface area (Å²) in [4.78, 5) is 40.5. The predicted octanol–water partition coefficient (Wildman–Crippen LogP) is 2.41. The molecule has 0 fully saturated rings. The number of anilines is 1. The van der Waals surface area contributed by atoms with Gasteiger partial charge in [0.15, 0.2) is 0 Å². The summed E-state index contributed by atoms with van der Waals surface area (Å²) in [6, 6.07) is 7.30. The number of nitrogens with one attached hydrogen (secondary N) is 1. The van der Waals surface area contributed by atoms with E-state index < -0.39 is 11.5 Å². The standard InChI is InChI=1S/C17H15N3O4S/c1-9-3-5-11(6-4-9)19-12(21)7-20-8-18-15-13(16(20)22)10(2)14(25-15)17(23)24/h3-6,8H,7H2,1-2H3,(H,19,21)(H,23,24). The fraction of sp³-hybridized carbons (Fsp3) is 0.176. The SMILES string of the molecule is Cc1ccc(NC(=O)Cn2cnc3sc(C(=O)O)c(C)c3c2=O)cc1. The zero-order valence-electron chi connectivity index (χ0n) is 13.6. The number of carboxylic acid groups (broad SMARTS) is 1. The number of benzene rings is 1. The normalized spacial score (nSPS) is 10.8. The number of rotatable bonds is 4. The molecule has 2 aromatic heterocycles. The Hall–Kier alpha value is -3.00. The Morgan fingerprint density at radius 3 is 2.56 bits per heavy atom. The van der Waals surface area contributed by atoms with Crippen molar-refractivity contribution in [2.45, 2.75) is 20.4 Å². The first-order valence-electron chi connectivity index (χ1n) is 7.45. The molecule has 0 spiro atoms. The number of nitrogens with zero attached hydrogens (tertiary/aromatic N) is 2. The summed E-state index contributed by atoms with van der Waals surface area (Å²) in [5, 5.41) is 12.1. The number of aryl methyl sites for hydroxylation is 2. The molecule has 1 amide bonds. The van der Waals surface area contributed by atoms with Crippen molar-refractivity contribution >= 4 is 39.1 Å². The summed E-state index contributed by atoms with van der Waals surface area (Å²) >= 11 is 0.953. The van der Waals surface area contributed by atoms with Crippen molar-refractivity contribution < 1.29 is 14.7 Å². The first kappa shape index (κ1) is 16.8. The summed E-state index contributed by atoms with van der Waals surface area (Å²) in [7, 11) is 0. The van der Waals surface area contributed by atoms with Crippen molar-refractivity contribution in [3.05, 3.63) is 57.0 Å². The van der Waals surface area contributed by atoms with Crippen molar-refractivity contribution in [2.24, 2.45) is 0 Å². The Morgan fingerprint density at radius 2 is 1.92 bits per heavy atom. The maximum atomic E-state index is 12.6. The molecule has 1 aromatic carbocycles. The maximum Gasteiger partial charge on any atom is 0.346 e. The van der Waals surface area contributed by atoms with Gasteiger partial charge in [0.05, 0.1) is 11.7 Å². The van der Waals surface area contributed by atoms with Gasteiger partial charge in [-0.2, -0.15) is 0 Å². The molecule has 0 aliphatic carbocycles. The topological polar surface area (TPSA) is 101 Å². The molecule has 0 radical (unpaired) electrons. The Labute approximate surface area is 146 Å². The van der Waals surface area contributed by atoms with E-state index >= 15 is 0 Å². The molecular formula is C17H15N3O4S. The van der Waals surface area contributed by atoms with Gasteiger partial charge in [0.2, 0.25) is 5.91 Å². The number of aromatic nitrogens is 2. The number of hydrogen-bond donors (Lipinski definition) is 2. The van der Waals surface area contributed by atoms with E-state index in [4.69, 9.17) is 5.11 Å². The average Bonchev–Trinajstić information content (AvgIpc) is 2.90. The third-order valence-electron chi connectivity index (χ3n) is 3.76. The van der Waals surface area contributed by atoms with E-state index in [-0.39, 0.29) is 22.7 Å². The second-order valence-electron chi connectivity index (χ2n) is 5.63. The van der Waals surface area contributed by atoms with Gasteiger partial charge in [-0.1, -0.05) is 17.7 Å². The van der Waals surface area contributed by atoms with Crippen molar-refractivity contribution in [1.82, 2.24) is 9.55 Å². The summed E-state index contributed by atoms with van der Waals surface area (Å²) in [5.74, 6) is -1.46. The van der Waals surface area contributed by atoms with Crippen LogP contribution in [0.2, 0.25) is 0 Å². The van der Waals surface area contributed by atoms with E-state index in [1.807, 2.05) is 19.1 Å². The lowest BCUT2D eigenvalue weighted by Crippen LogP contribution is -2.27. The van der Waals surface area contributed by atoms with Gasteiger partial charge < -0.3 is 10.4 Å². The third kappa shape index (κ3) is 3.29. The summed E-state index contributed by atoms with van der Waals surface area (Å²) in [6.45, 7) is 3.32. The lowest BCUT2D eigenvalue weighted by molar-refractivity contribution is -0.116. The monoisotopic (exact) mass is 357 g/mol. The number of carbonyl (C=O) groups is 2. The molecular weight excluding hydrogens is 342 g/mol. The number of thiophene rings is 1. The summed E-state index contributed by atoms with van der Waals surface area (Å²) < 4.78 is 1.18. The Kier molecular flexibility index (Phi) is 4.37. The van der Waals surface area contributed by atoms with Crippen LogP contribution in [0, 0.1) is 13.8 Å². The van der Waals surface area contributed by atoms with E-state index in [0.717, 1.165) is 16.9 Å². The van der Waals surface area contributed by atoms with Crippen molar-refractivity contribution in [2.75, 3.05) is 5.32 Å². The number of carbonyl (C=O) groups excluding carboxylic acids is 1. The van der Waals surface area contributed by atoms with Crippen LogP contribution in [-0.4, -0.2) is 26.5 Å². The minimum atomic E-state index is -1.09. The Bertz CT molecular complexity index is 1030. The highest BCUT2D eigenvalue weighted by Crippen LogP contribution is 2.26. The van der Waals surface area contributed by atoms with Gasteiger partial charge in [-0.15, -0.1) is 11.3 Å². The molecule has 3 aromatic rings. The van der Waals surface area contributed by atoms with E-state index in [2.05, 4.69) is 10.3 Å². The van der Waals surface area contributed by atoms with Gasteiger partial charge in [0, 0.05) is 5.69 Å². The molecule has 0 saturated carbocycles. The average molecular weight is 357 g/mol. The van der Waals surface area contributed by atoms with Crippen LogP contribution in [0.5, 0.6) is 0 Å². The quantitative estimate of drug-likeness (QED) is 0.747. The van der Waals surface area contributed by atoms with Crippen molar-refractivity contribution in [3.8, 4) is 0 Å². The molecule has 7 nitrogen and oxygen atoms in total. The molecule has 0 saturated heterocycles. The van der Waals surface area contributed by atoms with Crippen LogP contribution in [-0.2, 0) is 11.3 Å². The van der Waals surface area contributed by atoms with Crippen molar-refractivity contribution in [3.63, 3.8) is 0 Å². The maximum absolute atomic E-state index is 12.6. The molecule has 0 atom stereocenters. The molecule has 2 heterocycles. The van der Waals surface area contributed by atoms with E-state index in [1.165, 1.54) is 10.9 Å². The Balaban J connectivity index is 1.88. The second-order valence-corrected chi connectivity index (χ2v) is 6.63. The molecule has 0 aliphatic rings. The molecule has 8 heteroatoms. The first-order valence-corrected chi connectivity index (χ1v) is 8.27. The van der Waals surface area contributed by atoms with Crippen LogP contribution in [0.1, 0.15) is 20.8 Å². The van der Waals surface area contributed by atoms with Gasteiger partial charge in [0.1, 0.15) is 16.3 Å². The smallest absolute Gasteiger partial charge is 0.346 e. The molecule has 0 bridgehead atoms. The molecule has 2 N–H and O–H groups in total. The Morgan fingerprint density at radius 1 is 1.24 bits per heavy atom. The highest BCUT2D eigenvalue weighted by atomic mass is 32.1. The molecule has 0 aliphatic heterocycles. The van der Waals surface area contributed by atoms with Crippen LogP contribution in [0.3, 0.4) is 0 Å². The van der Waals surface area contributed by atoms with Gasteiger partial charge in [-0.3, -0.25) is 14.2 Å². The summed E-state index contributed by atoms with van der Waals surface area (Å²) in [5.41, 5.74) is 1.66. The predicted molar refractivity (Wildman–Crippen MR) is 95.4 cm³/mol. The minimum Gasteiger partial charge on any atom is -0.477 e. The third-order valence-corrected chi connectivity index (χ3v) is 4.95. The fourth-order valence-electron chi connectivity index (χ4n) is 2.47. The zero-order valence-corrected chi connectivity index (χ0v) is 14.4. The van der Waals surface area contributed by atoms with E-state index in [9.17, 15) is 14.4 Å². The lowest BCUT2D eigenvalue weighted by atomic mass is 10.2. The van der Waals surface area contributed by atoms with Gasteiger partial charge in [-0.25, -0.2) is 9.78 Å². The number of amides is 1. The minimum absolute atomic E-state index is 0.0847. The molecule has 3 rings (SSSR count). The second kappa shape index (κ2) is 6.48. The zero-order chi connectivity index (χ0) is 18.1. The van der Waals surface area contributed by atoms with Crippen LogP contribution < -0.4 is 10.9 Å². The van der Waals surface area contributed by atoms with Gasteiger partial charge >= 0.3 is 5.97 Å². The van der Waals surface area contributed by atoms with Crippen LogP contribution in [0.25, 0.3) is 10.2 Å². The number of aromatic carboxylic acids is 1. The van der Waals surface area contributed by atoms with Gasteiger partial charge in [-0.05, 0) is 31.5 Å². The van der Waals surface area contributed by atoms with Crippen LogP contribution in [0.4, 0.5) is 5.69 Å². The highest BCUT2D eigenvalue weighted by Gasteiger charge is 2.19.